The number of morpholine rings is 1. The van der Waals surface area contributed by atoms with Crippen LogP contribution in [0.2, 0.25) is 0 Å². The molecule has 3 amide bonds. The number of nitrogens with zero attached hydrogens (tertiary/aromatic N) is 11. The number of nitriles is 2. The molecule has 2 atom stereocenters. The summed E-state index contributed by atoms with van der Waals surface area (Å²) in [6, 6.07) is 25.8. The summed E-state index contributed by atoms with van der Waals surface area (Å²) in [5, 5.41) is 65.1. The molecule has 0 bridgehead atoms. The summed E-state index contributed by atoms with van der Waals surface area (Å²) < 4.78 is 10.9. The van der Waals surface area contributed by atoms with Crippen LogP contribution in [0.25, 0.3) is 0 Å². The van der Waals surface area contributed by atoms with Crippen LogP contribution in [0.5, 0.6) is 0 Å². The number of aromatic amines is 2. The number of aryl methyl sites for hydroxylation is 2. The van der Waals surface area contributed by atoms with Crippen LogP contribution in [-0.4, -0.2) is 190 Å². The van der Waals surface area contributed by atoms with Crippen LogP contribution in [0, 0.1) is 42.4 Å². The van der Waals surface area contributed by atoms with Gasteiger partial charge in [0, 0.05) is 112 Å². The number of H-pyrrole nitrogens is 2. The van der Waals surface area contributed by atoms with E-state index in [2.05, 4.69) is 95.0 Å². The molecule has 460 valence electrons. The summed E-state index contributed by atoms with van der Waals surface area (Å²) in [6.07, 6.45) is 8.49. The number of aliphatic carboxylic acids is 1. The number of carboxylic acid groups (broad SMARTS) is 1. The van der Waals surface area contributed by atoms with E-state index in [0.717, 1.165) is 59.4 Å². The van der Waals surface area contributed by atoms with E-state index in [4.69, 9.17) is 25.1 Å². The number of hydrogen-bond acceptors (Lipinski definition) is 22. The van der Waals surface area contributed by atoms with E-state index in [9.17, 15) is 19.2 Å². The zero-order valence-corrected chi connectivity index (χ0v) is 49.8. The first-order valence-corrected chi connectivity index (χ1v) is 28.2. The summed E-state index contributed by atoms with van der Waals surface area (Å²) in [5.41, 5.74) is 5.23. The van der Waals surface area contributed by atoms with Gasteiger partial charge in [0.2, 0.25) is 29.6 Å². The van der Waals surface area contributed by atoms with Gasteiger partial charge in [-0.1, -0.05) is 36.4 Å². The molecule has 28 nitrogen and oxygen atoms in total. The lowest BCUT2D eigenvalue weighted by molar-refractivity contribution is -0.145. The molecule has 8 rings (SSSR count). The van der Waals surface area contributed by atoms with Crippen molar-refractivity contribution in [3.63, 3.8) is 0 Å². The van der Waals surface area contributed by atoms with E-state index in [-0.39, 0.29) is 30.2 Å². The number of hydrogen-bond donors (Lipinski definition) is 11. The molecule has 2 aliphatic rings. The number of carbonyl (C=O) groups is 4. The highest BCUT2D eigenvalue weighted by atomic mass is 16.5. The number of anilines is 10. The lowest BCUT2D eigenvalue weighted by Crippen LogP contribution is -2.56. The van der Waals surface area contributed by atoms with Crippen LogP contribution >= 0.6 is 0 Å². The summed E-state index contributed by atoms with van der Waals surface area (Å²) in [6.45, 7) is 8.85. The SMILES string of the molecule is CN(C)C/C=C/C(=O)O.Cc1cc(Nc2cc(NCCNC(=O)[C@@H]3COCCN3C(=O)/C=C/CN(C)C)nc(Nc3ccc(CC#N)cc3)n2)n[nH]1.Cc1cc(Nc2cc(NCCNC(=O)[C@H]3CCCOC3)nc(Nc3ccc(CC#N)cc3)n2)n[nH]1. The quantitative estimate of drug-likeness (QED) is 0.0247. The van der Waals surface area contributed by atoms with Gasteiger partial charge in [0.05, 0.1) is 50.7 Å². The molecule has 6 heterocycles. The second-order valence-corrected chi connectivity index (χ2v) is 20.5. The van der Waals surface area contributed by atoms with Gasteiger partial charge in [-0.2, -0.15) is 40.7 Å². The number of rotatable bonds is 26. The van der Waals surface area contributed by atoms with Gasteiger partial charge < -0.3 is 71.8 Å². The Morgan fingerprint density at radius 3 is 1.56 bits per heavy atom. The van der Waals surface area contributed by atoms with Gasteiger partial charge in [0.25, 0.3) is 0 Å². The first-order valence-electron chi connectivity index (χ1n) is 28.2. The maximum Gasteiger partial charge on any atom is 0.328 e. The van der Waals surface area contributed by atoms with Crippen molar-refractivity contribution in [2.24, 2.45) is 5.92 Å². The Labute approximate surface area is 505 Å². The van der Waals surface area contributed by atoms with Crippen molar-refractivity contribution in [1.82, 2.24) is 65.7 Å². The van der Waals surface area contributed by atoms with E-state index >= 15 is 0 Å². The molecule has 0 spiro atoms. The van der Waals surface area contributed by atoms with Gasteiger partial charge in [0.1, 0.15) is 29.3 Å². The Morgan fingerprint density at radius 2 is 1.11 bits per heavy atom. The summed E-state index contributed by atoms with van der Waals surface area (Å²) in [7, 11) is 7.60. The molecule has 0 aliphatic carbocycles. The minimum Gasteiger partial charge on any atom is -0.478 e. The first kappa shape index (κ1) is 66.1. The largest absolute Gasteiger partial charge is 0.478 e. The Hall–Kier alpha value is -10.0. The minimum atomic E-state index is -0.892. The monoisotopic (exact) mass is 1190 g/mol. The van der Waals surface area contributed by atoms with Gasteiger partial charge in [0.15, 0.2) is 11.6 Å². The molecule has 2 saturated heterocycles. The predicted molar refractivity (Wildman–Crippen MR) is 331 cm³/mol. The first-order chi connectivity index (χ1) is 42.0. The third-order valence-electron chi connectivity index (χ3n) is 12.5. The Morgan fingerprint density at radius 1 is 0.632 bits per heavy atom. The number of carbonyl (C=O) groups excluding carboxylic acids is 3. The zero-order chi connectivity index (χ0) is 62.3. The molecule has 28 heteroatoms. The van der Waals surface area contributed by atoms with Crippen LogP contribution in [0.3, 0.4) is 0 Å². The molecule has 6 aromatic rings. The van der Waals surface area contributed by atoms with Crippen LogP contribution in [-0.2, 0) is 41.5 Å². The average molecular weight is 1190 g/mol. The molecule has 11 N–H and O–H groups in total. The Balaban J connectivity index is 0.000000247. The number of likely N-dealkylation sites (N-methyl/N-ethyl adjacent to an activating group) is 2. The molecule has 4 aromatic heterocycles. The van der Waals surface area contributed by atoms with E-state index in [0.29, 0.717) is 119 Å². The van der Waals surface area contributed by atoms with Crippen molar-refractivity contribution >= 4 is 81.9 Å². The maximum absolute atomic E-state index is 13.0. The Kier molecular flexibility index (Phi) is 26.9. The summed E-state index contributed by atoms with van der Waals surface area (Å²) in [5.74, 6) is 2.71. The van der Waals surface area contributed by atoms with Crippen molar-refractivity contribution in [3.8, 4) is 12.1 Å². The maximum atomic E-state index is 13.0. The Bertz CT molecular complexity index is 3290. The topological polar surface area (TPSA) is 369 Å². The lowest BCUT2D eigenvalue weighted by atomic mass is 10.0. The molecule has 0 radical (unpaired) electrons. The van der Waals surface area contributed by atoms with Crippen molar-refractivity contribution in [3.05, 3.63) is 120 Å². The second kappa shape index (κ2) is 35.3. The lowest BCUT2D eigenvalue weighted by Gasteiger charge is -2.33. The average Bonchev–Trinajstić information content (AvgIpc) is 4.21. The third-order valence-corrected chi connectivity index (χ3v) is 12.5. The molecular formula is C59H77N21O7. The molecular weight excluding hydrogens is 1110 g/mol. The fraction of sp³-hybridized carbons (Fsp3) is 0.390. The van der Waals surface area contributed by atoms with Crippen LogP contribution < -0.4 is 42.5 Å². The van der Waals surface area contributed by atoms with E-state index < -0.39 is 12.0 Å². The van der Waals surface area contributed by atoms with Crippen molar-refractivity contribution in [2.45, 2.75) is 45.6 Å². The van der Waals surface area contributed by atoms with Gasteiger partial charge >= 0.3 is 5.97 Å². The number of nitrogens with one attached hydrogen (secondary N) is 10. The normalized spacial score (nSPS) is 14.6. The molecule has 87 heavy (non-hydrogen) atoms. The van der Waals surface area contributed by atoms with Gasteiger partial charge in [-0.05, 0) is 90.3 Å². The fourth-order valence-corrected chi connectivity index (χ4v) is 8.27. The van der Waals surface area contributed by atoms with Crippen LogP contribution in [0.15, 0.2) is 97.1 Å². The smallest absolute Gasteiger partial charge is 0.328 e. The standard InChI is InChI=1S/C29H37N11O3.C24H29N9O2.C6H11NO2/c1-20-17-26(38-37-20)34-25-18-24(35-29(36-25)33-22-8-6-21(7-9-22)10-11-30)31-12-13-32-28(42)23-19-43-16-15-40(23)27(41)5-4-14-39(2)3;1-16-13-22(33-32-16)29-21-14-20(26-10-11-27-23(34)18-3-2-12-35-15-18)30-24(31-21)28-19-6-4-17(5-7-19)8-9-25;1-7(2)5-3-4-6(8)9/h4-9,17-18,23H,10,12-16,19H2,1-3H3,(H,32,42)(H4,31,33,34,35,36,37,38);4-7,13-14,18H,2-3,8,10-12,15H2,1H3,(H,27,34)(H4,26,28,29,30,31,32,33);3-4H,5H2,1-2H3,(H,8,9)/b5-4+;;4-3+/t23-;18-;/m00./s1. The fourth-order valence-electron chi connectivity index (χ4n) is 8.27. The summed E-state index contributed by atoms with van der Waals surface area (Å²) in [4.78, 5) is 71.5. The van der Waals surface area contributed by atoms with E-state index in [1.165, 1.54) is 6.08 Å². The zero-order valence-electron chi connectivity index (χ0n) is 49.8. The van der Waals surface area contributed by atoms with Gasteiger partial charge in [-0.15, -0.1) is 0 Å². The molecule has 2 aromatic carbocycles. The van der Waals surface area contributed by atoms with E-state index in [1.54, 1.807) is 29.2 Å². The highest BCUT2D eigenvalue weighted by Gasteiger charge is 2.32. The molecule has 0 unspecified atom stereocenters. The van der Waals surface area contributed by atoms with E-state index in [1.807, 2.05) is 113 Å². The highest BCUT2D eigenvalue weighted by Crippen LogP contribution is 2.24. The second-order valence-electron chi connectivity index (χ2n) is 20.5. The van der Waals surface area contributed by atoms with Crippen LogP contribution in [0.1, 0.15) is 35.4 Å². The molecule has 2 aliphatic heterocycles. The minimum absolute atomic E-state index is 0.0210. The number of aromatic nitrogens is 8. The number of benzene rings is 2. The van der Waals surface area contributed by atoms with Crippen molar-refractivity contribution in [2.75, 3.05) is 132 Å². The summed E-state index contributed by atoms with van der Waals surface area (Å²) >= 11 is 0. The molecule has 0 saturated carbocycles. The number of ether oxygens (including phenoxy) is 2. The predicted octanol–water partition coefficient (Wildman–Crippen LogP) is 5.14. The van der Waals surface area contributed by atoms with Crippen molar-refractivity contribution < 1.29 is 33.8 Å². The number of carboxylic acids is 1. The number of amides is 3. The highest BCUT2D eigenvalue weighted by molar-refractivity contribution is 5.93. The van der Waals surface area contributed by atoms with Gasteiger partial charge in [-0.3, -0.25) is 24.6 Å². The van der Waals surface area contributed by atoms with Crippen LogP contribution in [0.4, 0.5) is 58.2 Å². The third kappa shape index (κ3) is 24.3. The van der Waals surface area contributed by atoms with Crippen molar-refractivity contribution in [1.29, 1.82) is 10.5 Å². The molecule has 2 fully saturated rings. The van der Waals surface area contributed by atoms with Gasteiger partial charge in [-0.25, -0.2) is 4.79 Å².